The van der Waals surface area contributed by atoms with Crippen molar-refractivity contribution in [2.75, 3.05) is 6.54 Å². The molecule has 5 aliphatic rings. The average Bonchev–Trinajstić information content (AvgIpc) is 2.63. The van der Waals surface area contributed by atoms with Crippen molar-refractivity contribution >= 4 is 6.02 Å². The van der Waals surface area contributed by atoms with E-state index in [4.69, 9.17) is 10.5 Å². The predicted molar refractivity (Wildman–Crippen MR) is 62.0 cm³/mol. The zero-order chi connectivity index (χ0) is 10.8. The highest BCUT2D eigenvalue weighted by Crippen LogP contribution is 2.62. The average molecular weight is 220 g/mol. The molecule has 1 atom stereocenters. The molecule has 4 bridgehead atoms. The highest BCUT2D eigenvalue weighted by atomic mass is 16.5. The molecule has 4 fully saturated rings. The summed E-state index contributed by atoms with van der Waals surface area (Å²) >= 11 is 0. The van der Waals surface area contributed by atoms with Gasteiger partial charge in [-0.2, -0.15) is 0 Å². The molecular weight excluding hydrogens is 200 g/mol. The van der Waals surface area contributed by atoms with Crippen LogP contribution in [0.1, 0.15) is 38.5 Å². The van der Waals surface area contributed by atoms with Crippen molar-refractivity contribution in [2.24, 2.45) is 33.9 Å². The van der Waals surface area contributed by atoms with Crippen LogP contribution in [-0.4, -0.2) is 18.7 Å². The van der Waals surface area contributed by atoms with Crippen LogP contribution in [-0.2, 0) is 4.74 Å². The molecule has 4 saturated carbocycles. The van der Waals surface area contributed by atoms with Crippen LogP contribution in [0.4, 0.5) is 0 Å². The topological polar surface area (TPSA) is 47.6 Å². The molecule has 3 nitrogen and oxygen atoms in total. The standard InChI is InChI=1S/C13H20N2O/c14-12-15-7-11(16-12)13-4-8-1-9(5-13)3-10(2-8)6-13/h8-11H,1-7H2,(H2,14,15). The maximum absolute atomic E-state index is 5.77. The fourth-order valence-corrected chi connectivity index (χ4v) is 5.28. The number of hydrogen-bond donors (Lipinski definition) is 1. The van der Waals surface area contributed by atoms with E-state index in [1.807, 2.05) is 0 Å². The first-order valence-corrected chi connectivity index (χ1v) is 6.70. The van der Waals surface area contributed by atoms with Gasteiger partial charge in [0.15, 0.2) is 0 Å². The van der Waals surface area contributed by atoms with Crippen molar-refractivity contribution in [3.05, 3.63) is 0 Å². The molecule has 2 N–H and O–H groups in total. The smallest absolute Gasteiger partial charge is 0.282 e. The summed E-state index contributed by atoms with van der Waals surface area (Å²) in [4.78, 5) is 4.25. The summed E-state index contributed by atoms with van der Waals surface area (Å²) in [5.41, 5.74) is 6.12. The van der Waals surface area contributed by atoms with E-state index >= 15 is 0 Å². The minimum absolute atomic E-state index is 0.306. The van der Waals surface area contributed by atoms with E-state index < -0.39 is 0 Å². The predicted octanol–water partition coefficient (Wildman–Crippen LogP) is 1.92. The maximum atomic E-state index is 5.77. The third kappa shape index (κ3) is 1.17. The maximum Gasteiger partial charge on any atom is 0.282 e. The van der Waals surface area contributed by atoms with Gasteiger partial charge in [0.25, 0.3) is 6.02 Å². The Morgan fingerprint density at radius 2 is 1.62 bits per heavy atom. The lowest BCUT2D eigenvalue weighted by Crippen LogP contribution is -2.52. The molecule has 1 unspecified atom stereocenters. The Labute approximate surface area is 96.4 Å². The van der Waals surface area contributed by atoms with E-state index in [-0.39, 0.29) is 0 Å². The lowest BCUT2D eigenvalue weighted by molar-refractivity contribution is -0.107. The lowest BCUT2D eigenvalue weighted by Gasteiger charge is -2.58. The summed E-state index contributed by atoms with van der Waals surface area (Å²) in [7, 11) is 0. The van der Waals surface area contributed by atoms with Gasteiger partial charge in [-0.15, -0.1) is 0 Å². The van der Waals surface area contributed by atoms with Gasteiger partial charge in [0.2, 0.25) is 0 Å². The van der Waals surface area contributed by atoms with Crippen molar-refractivity contribution in [1.82, 2.24) is 0 Å². The fraction of sp³-hybridized carbons (Fsp3) is 0.923. The molecular formula is C13H20N2O. The van der Waals surface area contributed by atoms with E-state index in [1.165, 1.54) is 38.5 Å². The molecule has 0 aromatic rings. The Morgan fingerprint density at radius 3 is 2.06 bits per heavy atom. The van der Waals surface area contributed by atoms with E-state index in [2.05, 4.69) is 4.99 Å². The number of ether oxygens (including phenoxy) is 1. The quantitative estimate of drug-likeness (QED) is 0.734. The van der Waals surface area contributed by atoms with E-state index in [0.29, 0.717) is 17.5 Å². The number of amidine groups is 1. The van der Waals surface area contributed by atoms with Gasteiger partial charge < -0.3 is 10.5 Å². The molecule has 3 heteroatoms. The summed E-state index contributed by atoms with van der Waals surface area (Å²) in [5.74, 6) is 2.95. The second-order valence-corrected chi connectivity index (χ2v) is 6.57. The molecule has 88 valence electrons. The van der Waals surface area contributed by atoms with Crippen LogP contribution in [0.2, 0.25) is 0 Å². The minimum atomic E-state index is 0.306. The lowest BCUT2D eigenvalue weighted by atomic mass is 9.48. The zero-order valence-corrected chi connectivity index (χ0v) is 9.69. The number of aliphatic imine (C=N–C) groups is 1. The molecule has 0 saturated heterocycles. The zero-order valence-electron chi connectivity index (χ0n) is 9.69. The molecule has 0 aromatic heterocycles. The minimum Gasteiger partial charge on any atom is -0.460 e. The normalized spacial score (nSPS) is 53.9. The van der Waals surface area contributed by atoms with Crippen molar-refractivity contribution in [3.63, 3.8) is 0 Å². The summed E-state index contributed by atoms with van der Waals surface area (Å²) in [6.07, 6.45) is 8.92. The first kappa shape index (κ1) is 9.32. The van der Waals surface area contributed by atoms with Crippen molar-refractivity contribution < 1.29 is 4.74 Å². The van der Waals surface area contributed by atoms with Gasteiger partial charge in [0, 0.05) is 5.41 Å². The van der Waals surface area contributed by atoms with Gasteiger partial charge in [-0.3, -0.25) is 0 Å². The second-order valence-electron chi connectivity index (χ2n) is 6.57. The summed E-state index contributed by atoms with van der Waals surface area (Å²) in [5, 5.41) is 0. The highest BCUT2D eigenvalue weighted by Gasteiger charge is 2.55. The van der Waals surface area contributed by atoms with E-state index in [1.54, 1.807) is 0 Å². The van der Waals surface area contributed by atoms with Crippen molar-refractivity contribution in [3.8, 4) is 0 Å². The Bertz CT molecular complexity index is 315. The van der Waals surface area contributed by atoms with Gasteiger partial charge in [0.1, 0.15) is 6.10 Å². The molecule has 1 heterocycles. The number of rotatable bonds is 1. The first-order valence-electron chi connectivity index (χ1n) is 6.70. The third-order valence-electron chi connectivity index (χ3n) is 5.44. The van der Waals surface area contributed by atoms with E-state index in [9.17, 15) is 0 Å². The van der Waals surface area contributed by atoms with Gasteiger partial charge >= 0.3 is 0 Å². The molecule has 5 rings (SSSR count). The van der Waals surface area contributed by atoms with Crippen LogP contribution >= 0.6 is 0 Å². The van der Waals surface area contributed by atoms with Crippen LogP contribution in [0.25, 0.3) is 0 Å². The van der Waals surface area contributed by atoms with Gasteiger partial charge in [0.05, 0.1) is 6.54 Å². The molecule has 0 radical (unpaired) electrons. The molecule has 0 aromatic carbocycles. The summed E-state index contributed by atoms with van der Waals surface area (Å²) < 4.78 is 5.77. The molecule has 4 aliphatic carbocycles. The first-order chi connectivity index (χ1) is 7.73. The summed E-state index contributed by atoms with van der Waals surface area (Å²) in [6, 6.07) is 0.431. The summed E-state index contributed by atoms with van der Waals surface area (Å²) in [6.45, 7) is 0.817. The van der Waals surface area contributed by atoms with Crippen molar-refractivity contribution in [1.29, 1.82) is 0 Å². The fourth-order valence-electron chi connectivity index (χ4n) is 5.28. The van der Waals surface area contributed by atoms with E-state index in [0.717, 1.165) is 24.3 Å². The molecule has 0 spiro atoms. The second kappa shape index (κ2) is 2.93. The largest absolute Gasteiger partial charge is 0.460 e. The Hall–Kier alpha value is -0.730. The Balaban J connectivity index is 1.62. The van der Waals surface area contributed by atoms with Crippen LogP contribution in [0.15, 0.2) is 4.99 Å². The van der Waals surface area contributed by atoms with Gasteiger partial charge in [-0.25, -0.2) is 4.99 Å². The Morgan fingerprint density at radius 1 is 1.06 bits per heavy atom. The van der Waals surface area contributed by atoms with Crippen molar-refractivity contribution in [2.45, 2.75) is 44.6 Å². The van der Waals surface area contributed by atoms with Gasteiger partial charge in [-0.05, 0) is 56.3 Å². The molecule has 16 heavy (non-hydrogen) atoms. The SMILES string of the molecule is NC1=NCC(C23CC4CC(CC(C4)C2)C3)O1. The number of hydrogen-bond acceptors (Lipinski definition) is 3. The molecule has 1 aliphatic heterocycles. The highest BCUT2D eigenvalue weighted by molar-refractivity contribution is 5.73. The number of nitrogens with zero attached hydrogens (tertiary/aromatic N) is 1. The van der Waals surface area contributed by atoms with Crippen LogP contribution in [0.5, 0.6) is 0 Å². The number of nitrogens with two attached hydrogens (primary N) is 1. The van der Waals surface area contributed by atoms with Crippen LogP contribution in [0, 0.1) is 23.2 Å². The monoisotopic (exact) mass is 220 g/mol. The van der Waals surface area contributed by atoms with Crippen LogP contribution in [0.3, 0.4) is 0 Å². The Kier molecular flexibility index (Phi) is 1.71. The van der Waals surface area contributed by atoms with Gasteiger partial charge in [-0.1, -0.05) is 0 Å². The molecule has 0 amide bonds. The van der Waals surface area contributed by atoms with Crippen LogP contribution < -0.4 is 5.73 Å². The third-order valence-corrected chi connectivity index (χ3v) is 5.44.